The summed E-state index contributed by atoms with van der Waals surface area (Å²) in [6, 6.07) is 11.0. The second kappa shape index (κ2) is 7.59. The Morgan fingerprint density at radius 2 is 2.10 bits per heavy atom. The Morgan fingerprint density at radius 1 is 1.33 bits per heavy atom. The summed E-state index contributed by atoms with van der Waals surface area (Å²) < 4.78 is 4.94. The minimum Gasteiger partial charge on any atom is -0.468 e. The van der Waals surface area contributed by atoms with Crippen LogP contribution in [-0.2, 0) is 16.0 Å². The molecule has 0 fully saturated rings. The van der Waals surface area contributed by atoms with Crippen molar-refractivity contribution in [2.45, 2.75) is 12.5 Å². The van der Waals surface area contributed by atoms with Crippen LogP contribution in [0.3, 0.4) is 0 Å². The van der Waals surface area contributed by atoms with Crippen molar-refractivity contribution < 1.29 is 9.53 Å². The molecular weight excluding hydrogens is 306 g/mol. The third kappa shape index (κ3) is 4.06. The first-order valence-electron chi connectivity index (χ1n) is 6.68. The zero-order valence-corrected chi connectivity index (χ0v) is 13.7. The van der Waals surface area contributed by atoms with Crippen LogP contribution in [0.2, 0.25) is 5.02 Å². The van der Waals surface area contributed by atoms with E-state index in [1.54, 1.807) is 17.4 Å². The van der Waals surface area contributed by atoms with Crippen molar-refractivity contribution in [1.82, 2.24) is 4.90 Å². The molecule has 0 N–H and O–H groups in total. The number of ether oxygens (including phenoxy) is 1. The third-order valence-corrected chi connectivity index (χ3v) is 4.64. The van der Waals surface area contributed by atoms with Crippen molar-refractivity contribution in [3.63, 3.8) is 0 Å². The van der Waals surface area contributed by atoms with Crippen LogP contribution in [0.5, 0.6) is 0 Å². The van der Waals surface area contributed by atoms with Gasteiger partial charge in [-0.2, -0.15) is 0 Å². The van der Waals surface area contributed by atoms with Gasteiger partial charge in [-0.05, 0) is 36.5 Å². The number of hydrogen-bond acceptors (Lipinski definition) is 4. The maximum Gasteiger partial charge on any atom is 0.327 e. The van der Waals surface area contributed by atoms with Crippen molar-refractivity contribution in [2.75, 3.05) is 20.7 Å². The number of nitrogens with zero attached hydrogens (tertiary/aromatic N) is 1. The number of carbonyl (C=O) groups is 1. The van der Waals surface area contributed by atoms with E-state index in [4.69, 9.17) is 16.3 Å². The Hall–Kier alpha value is -1.36. The van der Waals surface area contributed by atoms with Gasteiger partial charge in [0.15, 0.2) is 0 Å². The van der Waals surface area contributed by atoms with Crippen LogP contribution in [0.4, 0.5) is 0 Å². The minimum atomic E-state index is -0.483. The minimum absolute atomic E-state index is 0.295. The third-order valence-electron chi connectivity index (χ3n) is 3.36. The van der Waals surface area contributed by atoms with E-state index >= 15 is 0 Å². The van der Waals surface area contributed by atoms with E-state index in [9.17, 15) is 4.79 Å². The number of carbonyl (C=O) groups excluding carboxylic acids is 1. The highest BCUT2D eigenvalue weighted by Gasteiger charge is 2.27. The smallest absolute Gasteiger partial charge is 0.327 e. The lowest BCUT2D eigenvalue weighted by molar-refractivity contribution is -0.146. The number of esters is 1. The van der Waals surface area contributed by atoms with Gasteiger partial charge in [-0.25, -0.2) is 4.79 Å². The van der Waals surface area contributed by atoms with Gasteiger partial charge in [-0.1, -0.05) is 35.9 Å². The second-order valence-electron chi connectivity index (χ2n) is 4.76. The fourth-order valence-corrected chi connectivity index (χ4v) is 3.16. The maximum atomic E-state index is 12.1. The summed E-state index contributed by atoms with van der Waals surface area (Å²) in [7, 11) is 3.32. The molecule has 112 valence electrons. The van der Waals surface area contributed by atoms with Crippen molar-refractivity contribution >= 4 is 28.9 Å². The molecule has 1 atom stereocenters. The molecule has 21 heavy (non-hydrogen) atoms. The van der Waals surface area contributed by atoms with Crippen LogP contribution in [0.15, 0.2) is 41.8 Å². The molecule has 0 aliphatic carbocycles. The molecule has 1 aromatic heterocycles. The van der Waals surface area contributed by atoms with Crippen LogP contribution in [0, 0.1) is 0 Å². The number of thiophene rings is 1. The molecular formula is C16H18ClNO2S. The van der Waals surface area contributed by atoms with E-state index in [2.05, 4.69) is 11.4 Å². The van der Waals surface area contributed by atoms with Gasteiger partial charge in [0.05, 0.1) is 7.11 Å². The van der Waals surface area contributed by atoms with Crippen molar-refractivity contribution in [3.8, 4) is 0 Å². The highest BCUT2D eigenvalue weighted by molar-refractivity contribution is 7.09. The van der Waals surface area contributed by atoms with E-state index in [1.807, 2.05) is 36.2 Å². The molecule has 1 aromatic carbocycles. The maximum absolute atomic E-state index is 12.1. The summed E-state index contributed by atoms with van der Waals surface area (Å²) in [5.41, 5.74) is 0.777. The van der Waals surface area contributed by atoms with Crippen LogP contribution < -0.4 is 0 Å². The largest absolute Gasteiger partial charge is 0.468 e. The fraction of sp³-hybridized carbons (Fsp3) is 0.312. The van der Waals surface area contributed by atoms with Crippen molar-refractivity contribution in [1.29, 1.82) is 0 Å². The molecule has 2 aromatic rings. The van der Waals surface area contributed by atoms with E-state index in [-0.39, 0.29) is 5.97 Å². The zero-order chi connectivity index (χ0) is 15.2. The monoisotopic (exact) mass is 323 g/mol. The first kappa shape index (κ1) is 16.0. The van der Waals surface area contributed by atoms with Gasteiger partial charge in [-0.3, -0.25) is 4.90 Å². The van der Waals surface area contributed by atoms with Gasteiger partial charge in [-0.15, -0.1) is 11.3 Å². The molecule has 3 nitrogen and oxygen atoms in total. The predicted molar refractivity (Wildman–Crippen MR) is 86.9 cm³/mol. The molecule has 0 spiro atoms. The SMILES string of the molecule is COC(=O)[C@H](c1ccccc1Cl)N(C)CCc1cccs1. The predicted octanol–water partition coefficient (Wildman–Crippen LogP) is 3.79. The average Bonchev–Trinajstić information content (AvgIpc) is 3.00. The van der Waals surface area contributed by atoms with Crippen LogP contribution in [0.25, 0.3) is 0 Å². The summed E-state index contributed by atoms with van der Waals surface area (Å²) in [6.45, 7) is 0.755. The Kier molecular flexibility index (Phi) is 5.79. The van der Waals surface area contributed by atoms with Gasteiger partial charge < -0.3 is 4.74 Å². The number of likely N-dealkylation sites (N-methyl/N-ethyl adjacent to an activating group) is 1. The lowest BCUT2D eigenvalue weighted by Crippen LogP contribution is -2.33. The molecule has 0 amide bonds. The molecule has 2 rings (SSSR count). The number of methoxy groups -OCH3 is 1. The quantitative estimate of drug-likeness (QED) is 0.757. The summed E-state index contributed by atoms with van der Waals surface area (Å²) in [5.74, 6) is -0.295. The van der Waals surface area contributed by atoms with Gasteiger partial charge in [0.25, 0.3) is 0 Å². The molecule has 0 aliphatic heterocycles. The lowest BCUT2D eigenvalue weighted by atomic mass is 10.1. The van der Waals surface area contributed by atoms with E-state index < -0.39 is 6.04 Å². The van der Waals surface area contributed by atoms with E-state index in [1.165, 1.54) is 12.0 Å². The highest BCUT2D eigenvalue weighted by Crippen LogP contribution is 2.28. The topological polar surface area (TPSA) is 29.5 Å². The molecule has 0 saturated heterocycles. The van der Waals surface area contributed by atoms with Crippen LogP contribution in [0.1, 0.15) is 16.5 Å². The average molecular weight is 324 g/mol. The molecule has 0 bridgehead atoms. The normalized spacial score (nSPS) is 12.4. The summed E-state index contributed by atoms with van der Waals surface area (Å²) in [5, 5.41) is 2.64. The van der Waals surface area contributed by atoms with Crippen LogP contribution in [-0.4, -0.2) is 31.6 Å². The summed E-state index contributed by atoms with van der Waals surface area (Å²) in [4.78, 5) is 15.4. The Labute approximate surface area is 134 Å². The van der Waals surface area contributed by atoms with E-state index in [0.717, 1.165) is 18.5 Å². The molecule has 0 unspecified atom stereocenters. The molecule has 0 radical (unpaired) electrons. The molecule has 1 heterocycles. The van der Waals surface area contributed by atoms with Gasteiger partial charge in [0.2, 0.25) is 0 Å². The fourth-order valence-electron chi connectivity index (χ4n) is 2.22. The standard InChI is InChI=1S/C16H18ClNO2S/c1-18(10-9-12-6-5-11-21-12)15(16(19)20-2)13-7-3-4-8-14(13)17/h3-8,11,15H,9-10H2,1-2H3/t15-/m0/s1. The number of hydrogen-bond donors (Lipinski definition) is 0. The van der Waals surface area contributed by atoms with Gasteiger partial charge >= 0.3 is 5.97 Å². The zero-order valence-electron chi connectivity index (χ0n) is 12.1. The number of halogens is 1. The lowest BCUT2D eigenvalue weighted by Gasteiger charge is -2.26. The second-order valence-corrected chi connectivity index (χ2v) is 6.20. The first-order chi connectivity index (χ1) is 10.1. The molecule has 5 heteroatoms. The van der Waals surface area contributed by atoms with Crippen LogP contribution >= 0.6 is 22.9 Å². The van der Waals surface area contributed by atoms with E-state index in [0.29, 0.717) is 5.02 Å². The Balaban J connectivity index is 2.16. The highest BCUT2D eigenvalue weighted by atomic mass is 35.5. The van der Waals surface area contributed by atoms with Crippen molar-refractivity contribution in [3.05, 3.63) is 57.2 Å². The Morgan fingerprint density at radius 3 is 2.71 bits per heavy atom. The number of rotatable bonds is 6. The first-order valence-corrected chi connectivity index (χ1v) is 7.94. The Bertz CT molecular complexity index is 586. The van der Waals surface area contributed by atoms with Crippen molar-refractivity contribution in [2.24, 2.45) is 0 Å². The molecule has 0 saturated carbocycles. The van der Waals surface area contributed by atoms with Gasteiger partial charge in [0.1, 0.15) is 6.04 Å². The summed E-state index contributed by atoms with van der Waals surface area (Å²) in [6.07, 6.45) is 0.895. The summed E-state index contributed by atoms with van der Waals surface area (Å²) >= 11 is 7.95. The number of benzene rings is 1. The van der Waals surface area contributed by atoms with Gasteiger partial charge in [0, 0.05) is 16.4 Å². The molecule has 0 aliphatic rings.